The Labute approximate surface area is 115 Å². The van der Waals surface area contributed by atoms with Crippen LogP contribution in [0.5, 0.6) is 5.75 Å². The number of ether oxygens (including phenoxy) is 1. The number of rotatable bonds is 4. The highest BCUT2D eigenvalue weighted by atomic mass is 35.5. The molecule has 0 radical (unpaired) electrons. The van der Waals surface area contributed by atoms with E-state index in [0.717, 1.165) is 5.56 Å². The Morgan fingerprint density at radius 2 is 2.32 bits per heavy atom. The number of nitrogens with zero attached hydrogens (tertiary/aromatic N) is 1. The van der Waals surface area contributed by atoms with Crippen LogP contribution in [0, 0.1) is 6.92 Å². The van der Waals surface area contributed by atoms with E-state index in [-0.39, 0.29) is 12.3 Å². The van der Waals surface area contributed by atoms with E-state index >= 15 is 0 Å². The van der Waals surface area contributed by atoms with Crippen molar-refractivity contribution >= 4 is 23.2 Å². The smallest absolute Gasteiger partial charge is 0.230 e. The molecule has 1 heterocycles. The van der Waals surface area contributed by atoms with Crippen LogP contribution in [0.4, 0.5) is 5.69 Å². The van der Waals surface area contributed by atoms with Gasteiger partial charge in [0.05, 0.1) is 24.9 Å². The molecule has 100 valence electrons. The fourth-order valence-electron chi connectivity index (χ4n) is 1.62. The number of methoxy groups -OCH3 is 1. The minimum atomic E-state index is -0.200. The predicted molar refractivity (Wildman–Crippen MR) is 71.6 cm³/mol. The minimum absolute atomic E-state index is 0.140. The quantitative estimate of drug-likeness (QED) is 0.935. The van der Waals surface area contributed by atoms with Crippen molar-refractivity contribution in [2.24, 2.45) is 0 Å². The summed E-state index contributed by atoms with van der Waals surface area (Å²) in [4.78, 5) is 11.9. The van der Waals surface area contributed by atoms with Gasteiger partial charge in [0.1, 0.15) is 12.0 Å². The van der Waals surface area contributed by atoms with Gasteiger partial charge in [-0.1, -0.05) is 16.8 Å². The third-order valence-corrected chi connectivity index (χ3v) is 2.99. The molecule has 0 bridgehead atoms. The highest BCUT2D eigenvalue weighted by Crippen LogP contribution is 2.30. The van der Waals surface area contributed by atoms with Crippen LogP contribution in [0.15, 0.2) is 29.0 Å². The Kier molecular flexibility index (Phi) is 4.06. The summed E-state index contributed by atoms with van der Waals surface area (Å²) in [6.45, 7) is 1.86. The van der Waals surface area contributed by atoms with E-state index in [1.54, 1.807) is 18.2 Å². The molecular weight excluding hydrogens is 268 g/mol. The van der Waals surface area contributed by atoms with Crippen molar-refractivity contribution in [2.75, 3.05) is 12.4 Å². The molecule has 0 fully saturated rings. The van der Waals surface area contributed by atoms with Crippen LogP contribution in [0.3, 0.4) is 0 Å². The van der Waals surface area contributed by atoms with Crippen molar-refractivity contribution in [3.63, 3.8) is 0 Å². The van der Waals surface area contributed by atoms with Crippen molar-refractivity contribution in [1.82, 2.24) is 5.16 Å². The molecule has 0 aliphatic carbocycles. The van der Waals surface area contributed by atoms with Gasteiger partial charge < -0.3 is 14.6 Å². The molecular formula is C13H13ClN2O3. The van der Waals surface area contributed by atoms with Gasteiger partial charge in [-0.15, -0.1) is 0 Å². The van der Waals surface area contributed by atoms with Gasteiger partial charge in [-0.3, -0.25) is 4.79 Å². The molecule has 1 aromatic carbocycles. The maximum Gasteiger partial charge on any atom is 0.230 e. The van der Waals surface area contributed by atoms with Crippen LogP contribution in [-0.2, 0) is 11.2 Å². The van der Waals surface area contributed by atoms with E-state index in [1.165, 1.54) is 13.4 Å². The number of amides is 1. The Morgan fingerprint density at radius 3 is 2.95 bits per heavy atom. The molecule has 5 nitrogen and oxygen atoms in total. The van der Waals surface area contributed by atoms with Gasteiger partial charge in [-0.25, -0.2) is 0 Å². The van der Waals surface area contributed by atoms with Gasteiger partial charge in [0.15, 0.2) is 0 Å². The number of hydrogen-bond acceptors (Lipinski definition) is 4. The standard InChI is InChI=1S/C13H13ClN2O3/c1-8-5-11(12(18-2)7-10(8)14)15-13(17)6-9-3-4-19-16-9/h3-5,7H,6H2,1-2H3,(H,15,17). The normalized spacial score (nSPS) is 10.3. The van der Waals surface area contributed by atoms with Crippen molar-refractivity contribution < 1.29 is 14.1 Å². The first-order valence-corrected chi connectivity index (χ1v) is 6.01. The summed E-state index contributed by atoms with van der Waals surface area (Å²) in [5.74, 6) is 0.318. The van der Waals surface area contributed by atoms with Gasteiger partial charge >= 0.3 is 0 Å². The van der Waals surface area contributed by atoms with Gasteiger partial charge in [0.2, 0.25) is 5.91 Å². The number of anilines is 1. The number of aromatic nitrogens is 1. The molecule has 0 unspecified atom stereocenters. The molecule has 2 aromatic rings. The second kappa shape index (κ2) is 5.75. The minimum Gasteiger partial charge on any atom is -0.495 e. The van der Waals surface area contributed by atoms with Crippen molar-refractivity contribution in [1.29, 1.82) is 0 Å². The van der Waals surface area contributed by atoms with Crippen LogP contribution >= 0.6 is 11.6 Å². The number of carbonyl (C=O) groups is 1. The third kappa shape index (κ3) is 3.26. The summed E-state index contributed by atoms with van der Waals surface area (Å²) in [7, 11) is 1.52. The molecule has 0 aliphatic rings. The zero-order valence-electron chi connectivity index (χ0n) is 10.6. The fraction of sp³-hybridized carbons (Fsp3) is 0.231. The summed E-state index contributed by atoms with van der Waals surface area (Å²) in [6, 6.07) is 5.08. The maximum absolute atomic E-state index is 11.9. The lowest BCUT2D eigenvalue weighted by molar-refractivity contribution is -0.115. The van der Waals surface area contributed by atoms with E-state index in [0.29, 0.717) is 22.2 Å². The van der Waals surface area contributed by atoms with E-state index in [1.807, 2.05) is 6.92 Å². The fourth-order valence-corrected chi connectivity index (χ4v) is 1.77. The molecule has 0 spiro atoms. The largest absolute Gasteiger partial charge is 0.495 e. The van der Waals surface area contributed by atoms with E-state index < -0.39 is 0 Å². The predicted octanol–water partition coefficient (Wildman–Crippen LogP) is 2.83. The molecule has 1 amide bonds. The van der Waals surface area contributed by atoms with Gasteiger partial charge in [-0.05, 0) is 18.6 Å². The summed E-state index contributed by atoms with van der Waals surface area (Å²) < 4.78 is 9.86. The number of hydrogen-bond donors (Lipinski definition) is 1. The summed E-state index contributed by atoms with van der Waals surface area (Å²) in [5, 5.41) is 7.04. The monoisotopic (exact) mass is 280 g/mol. The number of halogens is 1. The molecule has 2 rings (SSSR count). The zero-order chi connectivity index (χ0) is 13.8. The number of nitrogens with one attached hydrogen (secondary N) is 1. The van der Waals surface area contributed by atoms with Gasteiger partial charge in [-0.2, -0.15) is 0 Å². The highest BCUT2D eigenvalue weighted by Gasteiger charge is 2.11. The second-order valence-electron chi connectivity index (χ2n) is 4.02. The third-order valence-electron chi connectivity index (χ3n) is 2.59. The summed E-state index contributed by atoms with van der Waals surface area (Å²) in [5.41, 5.74) is 2.01. The lowest BCUT2D eigenvalue weighted by atomic mass is 10.2. The zero-order valence-corrected chi connectivity index (χ0v) is 11.3. The lowest BCUT2D eigenvalue weighted by Crippen LogP contribution is -2.15. The highest BCUT2D eigenvalue weighted by molar-refractivity contribution is 6.31. The molecule has 6 heteroatoms. The summed E-state index contributed by atoms with van der Waals surface area (Å²) in [6.07, 6.45) is 1.57. The van der Waals surface area contributed by atoms with Crippen LogP contribution in [0.1, 0.15) is 11.3 Å². The average molecular weight is 281 g/mol. The van der Waals surface area contributed by atoms with Crippen molar-refractivity contribution in [2.45, 2.75) is 13.3 Å². The average Bonchev–Trinajstić information content (AvgIpc) is 2.86. The molecule has 19 heavy (non-hydrogen) atoms. The topological polar surface area (TPSA) is 64.4 Å². The first-order valence-electron chi connectivity index (χ1n) is 5.63. The molecule has 0 saturated heterocycles. The molecule has 0 atom stereocenters. The lowest BCUT2D eigenvalue weighted by Gasteiger charge is -2.11. The van der Waals surface area contributed by atoms with E-state index in [4.69, 9.17) is 16.3 Å². The first-order chi connectivity index (χ1) is 9.10. The maximum atomic E-state index is 11.9. The van der Waals surface area contributed by atoms with Crippen LogP contribution in [-0.4, -0.2) is 18.2 Å². The Balaban J connectivity index is 2.14. The Bertz CT molecular complexity index is 582. The summed E-state index contributed by atoms with van der Waals surface area (Å²) >= 11 is 6.00. The second-order valence-corrected chi connectivity index (χ2v) is 4.42. The molecule has 0 aliphatic heterocycles. The van der Waals surface area contributed by atoms with Crippen LogP contribution < -0.4 is 10.1 Å². The number of carbonyl (C=O) groups excluding carboxylic acids is 1. The molecule has 0 saturated carbocycles. The van der Waals surface area contributed by atoms with Crippen LogP contribution in [0.25, 0.3) is 0 Å². The molecule has 1 N–H and O–H groups in total. The number of aryl methyl sites for hydroxylation is 1. The first kappa shape index (κ1) is 13.4. The van der Waals surface area contributed by atoms with E-state index in [9.17, 15) is 4.79 Å². The van der Waals surface area contributed by atoms with E-state index in [2.05, 4.69) is 15.0 Å². The molecule has 1 aromatic heterocycles. The van der Waals surface area contributed by atoms with Gasteiger partial charge in [0.25, 0.3) is 0 Å². The van der Waals surface area contributed by atoms with Gasteiger partial charge in [0, 0.05) is 17.2 Å². The van der Waals surface area contributed by atoms with Crippen LogP contribution in [0.2, 0.25) is 5.02 Å². The van der Waals surface area contributed by atoms with Crippen molar-refractivity contribution in [3.05, 3.63) is 40.7 Å². The SMILES string of the molecule is COc1cc(Cl)c(C)cc1NC(=O)Cc1ccon1. The Hall–Kier alpha value is -2.01. The number of benzene rings is 1. The Morgan fingerprint density at radius 1 is 1.53 bits per heavy atom. The van der Waals surface area contributed by atoms with Crippen molar-refractivity contribution in [3.8, 4) is 5.75 Å².